The normalized spacial score (nSPS) is 16.8. The minimum Gasteiger partial charge on any atom is -0.326 e. The Labute approximate surface area is 98.2 Å². The van der Waals surface area contributed by atoms with Crippen molar-refractivity contribution in [1.29, 1.82) is 0 Å². The summed E-state index contributed by atoms with van der Waals surface area (Å²) < 4.78 is 0. The number of benzene rings is 1. The highest BCUT2D eigenvalue weighted by Crippen LogP contribution is 2.17. The van der Waals surface area contributed by atoms with Gasteiger partial charge in [-0.25, -0.2) is 0 Å². The predicted molar refractivity (Wildman–Crippen MR) is 68.3 cm³/mol. The third-order valence-corrected chi connectivity index (χ3v) is 3.52. The molecule has 0 atom stereocenters. The first-order valence-corrected chi connectivity index (χ1v) is 6.40. The number of rotatable bonds is 5. The van der Waals surface area contributed by atoms with Gasteiger partial charge in [-0.2, -0.15) is 0 Å². The van der Waals surface area contributed by atoms with Crippen molar-refractivity contribution in [3.8, 4) is 0 Å². The van der Waals surface area contributed by atoms with Gasteiger partial charge in [-0.1, -0.05) is 37.1 Å². The molecule has 0 aliphatic heterocycles. The van der Waals surface area contributed by atoms with Gasteiger partial charge in [0.2, 0.25) is 0 Å². The van der Waals surface area contributed by atoms with E-state index in [0.29, 0.717) is 6.54 Å². The van der Waals surface area contributed by atoms with Crippen LogP contribution in [0, 0.1) is 0 Å². The summed E-state index contributed by atoms with van der Waals surface area (Å²) >= 11 is 0. The van der Waals surface area contributed by atoms with Crippen LogP contribution >= 0.6 is 0 Å². The first-order valence-electron chi connectivity index (χ1n) is 6.40. The van der Waals surface area contributed by atoms with Crippen molar-refractivity contribution < 1.29 is 0 Å². The largest absolute Gasteiger partial charge is 0.326 e. The van der Waals surface area contributed by atoms with Gasteiger partial charge in [0.1, 0.15) is 0 Å². The van der Waals surface area contributed by atoms with E-state index < -0.39 is 0 Å². The number of nitrogens with two attached hydrogens (primary N) is 1. The summed E-state index contributed by atoms with van der Waals surface area (Å²) in [5.74, 6) is 0. The van der Waals surface area contributed by atoms with Crippen molar-refractivity contribution in [3.05, 3.63) is 35.4 Å². The molecule has 0 aromatic heterocycles. The molecule has 1 aliphatic rings. The smallest absolute Gasteiger partial charge is 0.0180 e. The molecule has 0 amide bonds. The Hall–Kier alpha value is -0.860. The monoisotopic (exact) mass is 218 g/mol. The molecule has 2 heteroatoms. The molecule has 1 aromatic rings. The van der Waals surface area contributed by atoms with Crippen LogP contribution in [0.1, 0.15) is 36.8 Å². The standard InChI is InChI=1S/C14H22N2/c15-11-13-6-2-1-5-12(13)9-10-16-14-7-3-4-8-14/h1-2,5-6,14,16H,3-4,7-11,15H2. The van der Waals surface area contributed by atoms with Gasteiger partial charge >= 0.3 is 0 Å². The highest BCUT2D eigenvalue weighted by atomic mass is 14.9. The summed E-state index contributed by atoms with van der Waals surface area (Å²) in [7, 11) is 0. The van der Waals surface area contributed by atoms with Gasteiger partial charge < -0.3 is 11.1 Å². The predicted octanol–water partition coefficient (Wildman–Crippen LogP) is 2.22. The summed E-state index contributed by atoms with van der Waals surface area (Å²) in [4.78, 5) is 0. The number of hydrogen-bond donors (Lipinski definition) is 2. The summed E-state index contributed by atoms with van der Waals surface area (Å²) in [5.41, 5.74) is 8.41. The van der Waals surface area contributed by atoms with Gasteiger partial charge in [0.25, 0.3) is 0 Å². The van der Waals surface area contributed by atoms with Gasteiger partial charge in [0, 0.05) is 12.6 Å². The molecule has 88 valence electrons. The summed E-state index contributed by atoms with van der Waals surface area (Å²) in [5, 5.41) is 3.64. The van der Waals surface area contributed by atoms with Crippen molar-refractivity contribution in [2.24, 2.45) is 5.73 Å². The molecule has 1 saturated carbocycles. The Kier molecular flexibility index (Phi) is 4.37. The van der Waals surface area contributed by atoms with Crippen molar-refractivity contribution in [1.82, 2.24) is 5.32 Å². The lowest BCUT2D eigenvalue weighted by molar-refractivity contribution is 0.527. The summed E-state index contributed by atoms with van der Waals surface area (Å²) in [6, 6.07) is 9.26. The molecule has 0 saturated heterocycles. The molecular weight excluding hydrogens is 196 g/mol. The second-order valence-electron chi connectivity index (χ2n) is 4.66. The fraction of sp³-hybridized carbons (Fsp3) is 0.571. The van der Waals surface area contributed by atoms with Gasteiger partial charge in [-0.15, -0.1) is 0 Å². The van der Waals surface area contributed by atoms with Crippen LogP contribution in [0.15, 0.2) is 24.3 Å². The molecule has 16 heavy (non-hydrogen) atoms. The summed E-state index contributed by atoms with van der Waals surface area (Å²) in [6.07, 6.45) is 6.62. The van der Waals surface area contributed by atoms with E-state index in [9.17, 15) is 0 Å². The van der Waals surface area contributed by atoms with E-state index in [-0.39, 0.29) is 0 Å². The maximum atomic E-state index is 5.72. The molecule has 2 rings (SSSR count). The molecule has 0 heterocycles. The van der Waals surface area contributed by atoms with Gasteiger partial charge in [-0.05, 0) is 36.9 Å². The number of nitrogens with one attached hydrogen (secondary N) is 1. The Morgan fingerprint density at radius 3 is 2.50 bits per heavy atom. The first-order chi connectivity index (χ1) is 7.90. The van der Waals surface area contributed by atoms with Crippen LogP contribution in [-0.2, 0) is 13.0 Å². The van der Waals surface area contributed by atoms with Gasteiger partial charge in [0.05, 0.1) is 0 Å². The van der Waals surface area contributed by atoms with Gasteiger partial charge in [-0.3, -0.25) is 0 Å². The molecule has 1 aliphatic carbocycles. The second kappa shape index (κ2) is 6.02. The molecule has 0 spiro atoms. The lowest BCUT2D eigenvalue weighted by Crippen LogP contribution is -2.28. The highest BCUT2D eigenvalue weighted by Gasteiger charge is 2.13. The van der Waals surface area contributed by atoms with Crippen LogP contribution in [0.5, 0.6) is 0 Å². The van der Waals surface area contributed by atoms with Crippen LogP contribution in [0.3, 0.4) is 0 Å². The Balaban J connectivity index is 1.79. The van der Waals surface area contributed by atoms with Crippen LogP contribution in [0.2, 0.25) is 0 Å². The molecule has 0 unspecified atom stereocenters. The minimum atomic E-state index is 0.652. The zero-order valence-corrected chi connectivity index (χ0v) is 9.91. The maximum absolute atomic E-state index is 5.72. The highest BCUT2D eigenvalue weighted by molar-refractivity contribution is 5.27. The van der Waals surface area contributed by atoms with E-state index in [4.69, 9.17) is 5.73 Å². The van der Waals surface area contributed by atoms with Crippen LogP contribution in [-0.4, -0.2) is 12.6 Å². The molecule has 1 fully saturated rings. The van der Waals surface area contributed by atoms with E-state index in [0.717, 1.165) is 19.0 Å². The Bertz CT molecular complexity index is 316. The molecule has 0 bridgehead atoms. The van der Waals surface area contributed by atoms with E-state index in [1.165, 1.54) is 36.8 Å². The third-order valence-electron chi connectivity index (χ3n) is 3.52. The van der Waals surface area contributed by atoms with E-state index in [1.54, 1.807) is 0 Å². The first kappa shape index (κ1) is 11.6. The van der Waals surface area contributed by atoms with Crippen LogP contribution < -0.4 is 11.1 Å². The molecule has 1 aromatic carbocycles. The quantitative estimate of drug-likeness (QED) is 0.795. The van der Waals surface area contributed by atoms with Crippen molar-refractivity contribution in [3.63, 3.8) is 0 Å². The third kappa shape index (κ3) is 3.06. The van der Waals surface area contributed by atoms with Gasteiger partial charge in [0.15, 0.2) is 0 Å². The van der Waals surface area contributed by atoms with E-state index in [2.05, 4.69) is 29.6 Å². The SMILES string of the molecule is NCc1ccccc1CCNC1CCCC1. The molecular formula is C14H22N2. The molecule has 0 radical (unpaired) electrons. The lowest BCUT2D eigenvalue weighted by atomic mass is 10.0. The van der Waals surface area contributed by atoms with Crippen molar-refractivity contribution in [2.45, 2.75) is 44.7 Å². The summed E-state index contributed by atoms with van der Waals surface area (Å²) in [6.45, 7) is 1.74. The second-order valence-corrected chi connectivity index (χ2v) is 4.66. The Morgan fingerprint density at radius 1 is 1.12 bits per heavy atom. The van der Waals surface area contributed by atoms with E-state index in [1.807, 2.05) is 0 Å². The minimum absolute atomic E-state index is 0.652. The van der Waals surface area contributed by atoms with E-state index >= 15 is 0 Å². The van der Waals surface area contributed by atoms with Crippen LogP contribution in [0.25, 0.3) is 0 Å². The topological polar surface area (TPSA) is 38.0 Å². The fourth-order valence-electron chi connectivity index (χ4n) is 2.54. The lowest BCUT2D eigenvalue weighted by Gasteiger charge is -2.13. The van der Waals surface area contributed by atoms with Crippen molar-refractivity contribution >= 4 is 0 Å². The average molecular weight is 218 g/mol. The van der Waals surface area contributed by atoms with Crippen molar-refractivity contribution in [2.75, 3.05) is 6.54 Å². The zero-order chi connectivity index (χ0) is 11.2. The zero-order valence-electron chi connectivity index (χ0n) is 9.91. The average Bonchev–Trinajstić information content (AvgIpc) is 2.83. The maximum Gasteiger partial charge on any atom is 0.0180 e. The Morgan fingerprint density at radius 2 is 1.81 bits per heavy atom. The van der Waals surface area contributed by atoms with Crippen LogP contribution in [0.4, 0.5) is 0 Å². The molecule has 2 nitrogen and oxygen atoms in total. The number of hydrogen-bond acceptors (Lipinski definition) is 2. The molecule has 3 N–H and O–H groups in total. The fourth-order valence-corrected chi connectivity index (χ4v) is 2.54.